The molecule has 0 saturated heterocycles. The molecule has 114 heavy (non-hydrogen) atoms. The van der Waals surface area contributed by atoms with Gasteiger partial charge in [0.25, 0.3) is 0 Å². The molecule has 0 amide bonds. The highest BCUT2D eigenvalue weighted by Gasteiger charge is 2.21. The summed E-state index contributed by atoms with van der Waals surface area (Å²) in [6, 6.07) is 121. The zero-order valence-corrected chi connectivity index (χ0v) is 60.9. The molecule has 15 aromatic carbocycles. The lowest BCUT2D eigenvalue weighted by Crippen LogP contribution is -2.00. The molecule has 0 spiro atoms. The lowest BCUT2D eigenvalue weighted by atomic mass is 9.94. The van der Waals surface area contributed by atoms with Gasteiger partial charge in [0, 0.05) is 67.9 Å². The monoisotopic (exact) mass is 1470 g/mol. The molecule has 0 atom stereocenters. The van der Waals surface area contributed by atoms with E-state index >= 15 is 0 Å². The average Bonchev–Trinajstić information content (AvgIpc) is 0.774. The summed E-state index contributed by atoms with van der Waals surface area (Å²) in [5, 5.41) is 15.7. The summed E-state index contributed by atoms with van der Waals surface area (Å²) in [4.78, 5) is 52.0. The van der Waals surface area contributed by atoms with E-state index in [9.17, 15) is 14.0 Å². The van der Waals surface area contributed by atoms with Crippen LogP contribution in [-0.2, 0) is 0 Å². The summed E-state index contributed by atoms with van der Waals surface area (Å²) in [5.74, 6) is 3.94. The van der Waals surface area contributed by atoms with Crippen LogP contribution >= 0.6 is 0 Å². The van der Waals surface area contributed by atoms with E-state index in [1.807, 2.05) is 231 Å². The van der Waals surface area contributed by atoms with E-state index in [1.165, 1.54) is 12.1 Å². The topological polar surface area (TPSA) is 157 Å². The van der Waals surface area contributed by atoms with Crippen molar-refractivity contribution in [2.75, 3.05) is 0 Å². The molecule has 0 radical (unpaired) electrons. The summed E-state index contributed by atoms with van der Waals surface area (Å²) in [6.07, 6.45) is 1.82. The third-order valence-corrected chi connectivity index (χ3v) is 19.5. The lowest BCUT2D eigenvalue weighted by molar-refractivity contribution is 0.584. The van der Waals surface area contributed by atoms with Crippen LogP contribution in [0.25, 0.3) is 184 Å². The normalized spacial score (nSPS) is 10.9. The highest BCUT2D eigenvalue weighted by Crippen LogP contribution is 2.40. The van der Waals surface area contributed by atoms with E-state index in [2.05, 4.69) is 119 Å². The van der Waals surface area contributed by atoms with E-state index in [1.54, 1.807) is 24.3 Å². The standard InChI is InChI=1S/C37H23F2N3.C33H19N5.C30H20N4/c38-29-21-28(22-30(39)23-29)24-15-17-27(18-16-24)36-40-35(26-11-5-2-6-12-26)41-37(42-36)34-20-19-31(25-9-3-1-4-10-25)32-13-7-8-14-33(32)34;1-35-26-17-15-25(16-18-26)32-36-31(24-13-11-22(21-34)12-14-24)37-33(38-32)30-20-19-27(23-7-3-2-4-8-23)28-9-5-6-10-29(28)30;1-3-11-21(12-4-1)28-32-29(22-13-5-2-6-14-22)34-30(33-28)26-19-18-25(27-17-9-10-20-31-27)23-15-7-8-16-24(23)26/h1-23H;2-20H;1-20H. The lowest BCUT2D eigenvalue weighted by Gasteiger charge is -2.13. The van der Waals surface area contributed by atoms with Crippen LogP contribution in [0.5, 0.6) is 0 Å². The third kappa shape index (κ3) is 15.3. The van der Waals surface area contributed by atoms with Gasteiger partial charge in [0.2, 0.25) is 0 Å². The number of nitrogens with zero attached hydrogens (tertiary/aromatic N) is 12. The molecule has 0 aliphatic heterocycles. The number of pyridine rings is 1. The minimum absolute atomic E-state index is 0.463. The molecule has 0 saturated carbocycles. The molecule has 0 bridgehead atoms. The summed E-state index contributed by atoms with van der Waals surface area (Å²) in [6.45, 7) is 7.26. The van der Waals surface area contributed by atoms with E-state index in [0.29, 0.717) is 74.8 Å². The Morgan fingerprint density at radius 2 is 0.509 bits per heavy atom. The van der Waals surface area contributed by atoms with Gasteiger partial charge in [0.05, 0.1) is 23.9 Å². The van der Waals surface area contributed by atoms with Crippen molar-refractivity contribution in [2.45, 2.75) is 0 Å². The van der Waals surface area contributed by atoms with Gasteiger partial charge >= 0.3 is 0 Å². The first kappa shape index (κ1) is 71.0. The molecule has 0 fully saturated rings. The van der Waals surface area contributed by atoms with Crippen LogP contribution in [-0.4, -0.2) is 49.8 Å². The van der Waals surface area contributed by atoms with Crippen LogP contribution in [0.3, 0.4) is 0 Å². The van der Waals surface area contributed by atoms with Gasteiger partial charge in [0.15, 0.2) is 58.1 Å². The van der Waals surface area contributed by atoms with Crippen molar-refractivity contribution in [3.63, 3.8) is 0 Å². The van der Waals surface area contributed by atoms with Gasteiger partial charge in [-0.3, -0.25) is 4.98 Å². The largest absolute Gasteiger partial charge is 0.256 e. The predicted octanol–water partition coefficient (Wildman–Crippen LogP) is 24.8. The molecule has 4 aromatic heterocycles. The maximum absolute atomic E-state index is 13.8. The third-order valence-electron chi connectivity index (χ3n) is 19.5. The Balaban J connectivity index is 0.000000124. The minimum atomic E-state index is -0.616. The molecular formula is C100H62F2N12. The second kappa shape index (κ2) is 32.5. The van der Waals surface area contributed by atoms with Crippen molar-refractivity contribution >= 4 is 38.0 Å². The number of hydrogen-bond donors (Lipinski definition) is 0. The van der Waals surface area contributed by atoms with E-state index in [4.69, 9.17) is 51.4 Å². The molecule has 0 N–H and O–H groups in total. The highest BCUT2D eigenvalue weighted by molar-refractivity contribution is 6.06. The highest BCUT2D eigenvalue weighted by atomic mass is 19.1. The average molecular weight is 1470 g/mol. The number of fused-ring (bicyclic) bond motifs is 3. The van der Waals surface area contributed by atoms with Gasteiger partial charge in [-0.25, -0.2) is 58.5 Å². The first-order valence-electron chi connectivity index (χ1n) is 36.8. The predicted molar refractivity (Wildman–Crippen MR) is 451 cm³/mol. The van der Waals surface area contributed by atoms with Crippen molar-refractivity contribution in [1.29, 1.82) is 5.26 Å². The number of aromatic nitrogens is 10. The first-order valence-corrected chi connectivity index (χ1v) is 36.8. The van der Waals surface area contributed by atoms with Crippen molar-refractivity contribution in [2.24, 2.45) is 0 Å². The van der Waals surface area contributed by atoms with Gasteiger partial charge in [-0.1, -0.05) is 297 Å². The van der Waals surface area contributed by atoms with Crippen LogP contribution in [0.4, 0.5) is 14.5 Å². The maximum atomic E-state index is 13.8. The van der Waals surface area contributed by atoms with Crippen LogP contribution in [0.1, 0.15) is 5.56 Å². The van der Waals surface area contributed by atoms with E-state index in [0.717, 1.165) is 122 Å². The van der Waals surface area contributed by atoms with E-state index in [-0.39, 0.29) is 0 Å². The molecule has 19 aromatic rings. The second-order valence-corrected chi connectivity index (χ2v) is 26.7. The molecule has 0 aliphatic carbocycles. The summed E-state index contributed by atoms with van der Waals surface area (Å²) in [5.41, 5.74) is 16.8. The van der Waals surface area contributed by atoms with Crippen LogP contribution < -0.4 is 0 Å². The van der Waals surface area contributed by atoms with Gasteiger partial charge < -0.3 is 0 Å². The number of benzene rings is 15. The maximum Gasteiger partial charge on any atom is 0.187 e. The Labute approximate surface area is 656 Å². The SMILES string of the molecule is Fc1cc(F)cc(-c2ccc(-c3nc(-c4ccccc4)nc(-c4ccc(-c5ccccc5)c5ccccc45)n3)cc2)c1.[C-]#[N+]c1ccc(-c2nc(-c3ccc(C#N)cc3)nc(-c3ccc(-c4ccccc4)c4ccccc34)n2)cc1.c1ccc(-c2nc(-c3ccccc3)nc(-c3ccc(-c4ccccn4)c4ccccc34)n2)cc1. The van der Waals surface area contributed by atoms with Crippen molar-refractivity contribution in [1.82, 2.24) is 49.8 Å². The second-order valence-electron chi connectivity index (χ2n) is 26.7. The van der Waals surface area contributed by atoms with Crippen molar-refractivity contribution in [3.8, 4) is 153 Å². The van der Waals surface area contributed by atoms with Crippen LogP contribution in [0.2, 0.25) is 0 Å². The van der Waals surface area contributed by atoms with E-state index < -0.39 is 11.6 Å². The Morgan fingerprint density at radius 3 is 0.851 bits per heavy atom. The molecule has 536 valence electrons. The Hall–Kier alpha value is -15.9. The fraction of sp³-hybridized carbons (Fsp3) is 0. The number of hydrogen-bond acceptors (Lipinski definition) is 11. The van der Waals surface area contributed by atoms with Gasteiger partial charge in [0.1, 0.15) is 11.6 Å². The summed E-state index contributed by atoms with van der Waals surface area (Å²) < 4.78 is 27.7. The Bertz CT molecular complexity index is 6640. The molecule has 0 unspecified atom stereocenters. The fourth-order valence-corrected chi connectivity index (χ4v) is 13.9. The number of rotatable bonds is 13. The summed E-state index contributed by atoms with van der Waals surface area (Å²) in [7, 11) is 0. The Morgan fingerprint density at radius 1 is 0.237 bits per heavy atom. The molecule has 0 aliphatic rings. The molecule has 12 nitrogen and oxygen atoms in total. The van der Waals surface area contributed by atoms with Gasteiger partial charge in [-0.2, -0.15) is 5.26 Å². The zero-order chi connectivity index (χ0) is 77.1. The number of nitriles is 1. The van der Waals surface area contributed by atoms with Crippen molar-refractivity contribution in [3.05, 3.63) is 405 Å². The fourth-order valence-electron chi connectivity index (χ4n) is 13.9. The molecule has 19 rings (SSSR count). The van der Waals surface area contributed by atoms with Gasteiger partial charge in [-0.05, 0) is 132 Å². The first-order chi connectivity index (χ1) is 56.2. The smallest absolute Gasteiger partial charge is 0.187 e. The van der Waals surface area contributed by atoms with Crippen molar-refractivity contribution < 1.29 is 8.78 Å². The number of halogens is 2. The summed E-state index contributed by atoms with van der Waals surface area (Å²) >= 11 is 0. The minimum Gasteiger partial charge on any atom is -0.256 e. The molecule has 14 heteroatoms. The van der Waals surface area contributed by atoms with Crippen LogP contribution in [0.15, 0.2) is 376 Å². The zero-order valence-electron chi connectivity index (χ0n) is 60.9. The van der Waals surface area contributed by atoms with Gasteiger partial charge in [-0.15, -0.1) is 0 Å². The molecule has 4 heterocycles. The molecular weight excluding hydrogens is 1410 g/mol. The quantitative estimate of drug-likeness (QED) is 0.101. The Kier molecular flexibility index (Phi) is 20.3. The van der Waals surface area contributed by atoms with Crippen LogP contribution in [0, 0.1) is 29.5 Å².